The lowest BCUT2D eigenvalue weighted by atomic mass is 9.91. The summed E-state index contributed by atoms with van der Waals surface area (Å²) in [5.41, 5.74) is 4.22. The van der Waals surface area contributed by atoms with E-state index in [0.717, 1.165) is 40.0 Å². The number of halogens is 2. The number of ether oxygens (including phenoxy) is 1. The van der Waals surface area contributed by atoms with E-state index >= 15 is 0 Å². The highest BCUT2D eigenvalue weighted by molar-refractivity contribution is 9.11. The van der Waals surface area contributed by atoms with E-state index in [1.165, 1.54) is 23.9 Å². The number of allylic oxidation sites excluding steroid dienone is 3. The predicted octanol–water partition coefficient (Wildman–Crippen LogP) is 4.62. The summed E-state index contributed by atoms with van der Waals surface area (Å²) in [6.45, 7) is 6.21. The third kappa shape index (κ3) is 5.74. The first-order valence-corrected chi connectivity index (χ1v) is 14.5. The largest absolute Gasteiger partial charge is 0.468 e. The topological polar surface area (TPSA) is 88.1 Å². The molecule has 0 aliphatic carbocycles. The second kappa shape index (κ2) is 10.9. The van der Waals surface area contributed by atoms with Gasteiger partial charge in [0.15, 0.2) is 5.75 Å². The molecule has 1 N–H and O–H groups in total. The van der Waals surface area contributed by atoms with Crippen molar-refractivity contribution in [1.82, 2.24) is 9.62 Å². The second-order valence-corrected chi connectivity index (χ2v) is 11.7. The summed E-state index contributed by atoms with van der Waals surface area (Å²) in [5, 5.41) is 1.93. The molecule has 3 aliphatic heterocycles. The normalized spacial score (nSPS) is 22.1. The summed E-state index contributed by atoms with van der Waals surface area (Å²) in [4.78, 5) is 21.3. The molecule has 0 unspecified atom stereocenters. The maximum atomic E-state index is 13.9. The van der Waals surface area contributed by atoms with Crippen LogP contribution in [0.5, 0.6) is 0 Å². The van der Waals surface area contributed by atoms with Crippen LogP contribution in [0, 0.1) is 12.7 Å². The van der Waals surface area contributed by atoms with Crippen molar-refractivity contribution >= 4 is 49.5 Å². The number of aliphatic imine (C=N–C) groups is 1. The van der Waals surface area contributed by atoms with Crippen molar-refractivity contribution in [3.05, 3.63) is 92.1 Å². The molecule has 2 atom stereocenters. The van der Waals surface area contributed by atoms with Crippen LogP contribution in [-0.4, -0.2) is 50.6 Å². The first-order chi connectivity index (χ1) is 17.1. The van der Waals surface area contributed by atoms with Gasteiger partial charge in [-0.3, -0.25) is 9.79 Å². The van der Waals surface area contributed by atoms with Gasteiger partial charge in [-0.15, -0.1) is 0 Å². The van der Waals surface area contributed by atoms with Crippen molar-refractivity contribution < 1.29 is 22.3 Å². The van der Waals surface area contributed by atoms with Crippen molar-refractivity contribution in [2.75, 3.05) is 19.4 Å². The van der Waals surface area contributed by atoms with Gasteiger partial charge in [0.1, 0.15) is 17.7 Å². The molecule has 0 saturated carbocycles. The number of fused-ring (bicyclic) bond motifs is 1. The summed E-state index contributed by atoms with van der Waals surface area (Å²) in [5.74, 6) is -1.22. The fourth-order valence-electron chi connectivity index (χ4n) is 4.43. The number of carbonyl (C=O) groups is 1. The minimum atomic E-state index is -3.91. The van der Waals surface area contributed by atoms with Gasteiger partial charge >= 0.3 is 5.97 Å². The quantitative estimate of drug-likeness (QED) is 0.464. The number of benzene rings is 1. The lowest BCUT2D eigenvalue weighted by Crippen LogP contribution is -2.41. The van der Waals surface area contributed by atoms with E-state index in [1.54, 1.807) is 11.1 Å². The van der Waals surface area contributed by atoms with Gasteiger partial charge in [0, 0.05) is 30.3 Å². The molecule has 0 amide bonds. The molecule has 1 aromatic carbocycles. The number of hydrogen-bond acceptors (Lipinski definition) is 7. The molecule has 7 nitrogen and oxygen atoms in total. The molecule has 0 bridgehead atoms. The highest BCUT2D eigenvalue weighted by atomic mass is 79.9. The standard InChI is InChI=1S/C25H25BrFN3O4S2/c1-15-7-9-35-22(10-15)25-28-24(19-5-4-17(27)11-16(19)2)20(6-8-26)21-12-18(13-30(21)25)29-36(32,33)14-23(31)34-3/h4-11,18,24,29H,1,12-14H2,2-3H3/b8-6+/t18-,24-/m0/s1. The molecule has 3 heterocycles. The van der Waals surface area contributed by atoms with Crippen molar-refractivity contribution in [1.29, 1.82) is 0 Å². The maximum absolute atomic E-state index is 13.9. The van der Waals surface area contributed by atoms with Crippen molar-refractivity contribution in [2.24, 2.45) is 4.99 Å². The molecule has 0 spiro atoms. The molecular weight excluding hydrogens is 569 g/mol. The number of carbonyl (C=O) groups excluding carboxylic acids is 1. The van der Waals surface area contributed by atoms with Crippen LogP contribution < -0.4 is 4.72 Å². The van der Waals surface area contributed by atoms with E-state index in [-0.39, 0.29) is 5.82 Å². The molecule has 0 radical (unpaired) electrons. The van der Waals surface area contributed by atoms with Gasteiger partial charge in [-0.05, 0) is 64.4 Å². The molecule has 1 aromatic rings. The SMILES string of the molecule is C=C1C=CSC(C2=N[C@@H](c3ccc(F)cc3C)C(/C=C/Br)=C3C[C@H](NS(=O)(=O)CC(=O)OC)CN23)=C1. The summed E-state index contributed by atoms with van der Waals surface area (Å²) in [6.07, 6.45) is 6.12. The minimum Gasteiger partial charge on any atom is -0.468 e. The molecule has 1 saturated heterocycles. The smallest absolute Gasteiger partial charge is 0.322 e. The Morgan fingerprint density at radius 3 is 2.89 bits per heavy atom. The van der Waals surface area contributed by atoms with Crippen LogP contribution in [0.4, 0.5) is 4.39 Å². The van der Waals surface area contributed by atoms with E-state index in [1.807, 2.05) is 35.5 Å². The summed E-state index contributed by atoms with van der Waals surface area (Å²) in [7, 11) is -2.76. The summed E-state index contributed by atoms with van der Waals surface area (Å²) in [6, 6.07) is 3.73. The Hall–Kier alpha value is -2.47. The van der Waals surface area contributed by atoms with Crippen LogP contribution in [0.3, 0.4) is 0 Å². The number of sulfonamides is 1. The van der Waals surface area contributed by atoms with E-state index in [0.29, 0.717) is 18.8 Å². The Labute approximate surface area is 222 Å². The molecule has 4 rings (SSSR count). The van der Waals surface area contributed by atoms with E-state index in [2.05, 4.69) is 32.0 Å². The van der Waals surface area contributed by atoms with Gasteiger partial charge < -0.3 is 9.64 Å². The molecule has 1 fully saturated rings. The highest BCUT2D eigenvalue weighted by Gasteiger charge is 2.40. The number of aryl methyl sites for hydroxylation is 1. The molecule has 11 heteroatoms. The Balaban J connectivity index is 1.79. The zero-order chi connectivity index (χ0) is 26.0. The maximum Gasteiger partial charge on any atom is 0.322 e. The van der Waals surface area contributed by atoms with Crippen LogP contribution in [-0.2, 0) is 19.6 Å². The zero-order valence-corrected chi connectivity index (χ0v) is 22.9. The second-order valence-electron chi connectivity index (χ2n) is 8.52. The number of hydrogen-bond donors (Lipinski definition) is 1. The van der Waals surface area contributed by atoms with E-state index in [9.17, 15) is 17.6 Å². The van der Waals surface area contributed by atoms with Crippen LogP contribution in [0.2, 0.25) is 0 Å². The van der Waals surface area contributed by atoms with E-state index in [4.69, 9.17) is 4.99 Å². The number of nitrogens with zero attached hydrogens (tertiary/aromatic N) is 2. The number of methoxy groups -OCH3 is 1. The average Bonchev–Trinajstić information content (AvgIpc) is 3.22. The zero-order valence-electron chi connectivity index (χ0n) is 19.7. The molecule has 0 aromatic heterocycles. The van der Waals surface area contributed by atoms with Gasteiger partial charge in [0.05, 0.1) is 12.0 Å². The fraction of sp³-hybridized carbons (Fsp3) is 0.280. The van der Waals surface area contributed by atoms with Crippen LogP contribution >= 0.6 is 27.7 Å². The van der Waals surface area contributed by atoms with Gasteiger partial charge in [-0.1, -0.05) is 40.3 Å². The Morgan fingerprint density at radius 2 is 2.22 bits per heavy atom. The van der Waals surface area contributed by atoms with Crippen LogP contribution in [0.25, 0.3) is 0 Å². The number of rotatable bonds is 7. The summed E-state index contributed by atoms with van der Waals surface area (Å²) >= 11 is 4.87. The van der Waals surface area contributed by atoms with Crippen LogP contribution in [0.15, 0.2) is 80.1 Å². The fourth-order valence-corrected chi connectivity index (χ4v) is 6.77. The molecular formula is C25H25BrFN3O4S2. The Morgan fingerprint density at radius 1 is 1.44 bits per heavy atom. The third-order valence-corrected chi connectivity index (χ3v) is 8.37. The number of thioether (sulfide) groups is 1. The molecule has 36 heavy (non-hydrogen) atoms. The van der Waals surface area contributed by atoms with Gasteiger partial charge in [-0.2, -0.15) is 0 Å². The predicted molar refractivity (Wildman–Crippen MR) is 144 cm³/mol. The monoisotopic (exact) mass is 593 g/mol. The van der Waals surface area contributed by atoms with Crippen molar-refractivity contribution in [3.63, 3.8) is 0 Å². The van der Waals surface area contributed by atoms with E-state index < -0.39 is 33.8 Å². The Bertz CT molecular complexity index is 1370. The van der Waals surface area contributed by atoms with Crippen LogP contribution in [0.1, 0.15) is 23.6 Å². The lowest BCUT2D eigenvalue weighted by molar-refractivity contribution is -0.137. The van der Waals surface area contributed by atoms with Gasteiger partial charge in [-0.25, -0.2) is 17.5 Å². The number of esters is 1. The minimum absolute atomic E-state index is 0.323. The molecule has 190 valence electrons. The number of nitrogens with one attached hydrogen (secondary N) is 1. The average molecular weight is 595 g/mol. The molecule has 3 aliphatic rings. The lowest BCUT2D eigenvalue weighted by Gasteiger charge is -2.34. The van der Waals surface area contributed by atoms with Crippen molar-refractivity contribution in [3.8, 4) is 0 Å². The van der Waals surface area contributed by atoms with Gasteiger partial charge in [0.2, 0.25) is 10.0 Å². The van der Waals surface area contributed by atoms with Crippen molar-refractivity contribution in [2.45, 2.75) is 25.4 Å². The summed E-state index contributed by atoms with van der Waals surface area (Å²) < 4.78 is 46.2. The highest BCUT2D eigenvalue weighted by Crippen LogP contribution is 2.43. The third-order valence-electron chi connectivity index (χ3n) is 5.97. The first-order valence-electron chi connectivity index (χ1n) is 11.0. The Kier molecular flexibility index (Phi) is 8.03. The first kappa shape index (κ1) is 26.6. The van der Waals surface area contributed by atoms with Gasteiger partial charge in [0.25, 0.3) is 0 Å². The number of amidine groups is 1.